The third-order valence-corrected chi connectivity index (χ3v) is 2.24. The number of rotatable bonds is 6. The fourth-order valence-corrected chi connectivity index (χ4v) is 1.49. The van der Waals surface area contributed by atoms with E-state index in [9.17, 15) is 0 Å². The van der Waals surface area contributed by atoms with Crippen LogP contribution in [-0.2, 0) is 4.74 Å². The molecule has 74 valence electrons. The summed E-state index contributed by atoms with van der Waals surface area (Å²) in [6, 6.07) is 0.172. The molecule has 1 heterocycles. The van der Waals surface area contributed by atoms with Crippen molar-refractivity contribution in [3.8, 4) is 0 Å². The fourth-order valence-electron chi connectivity index (χ4n) is 0.986. The Balaban J connectivity index is 2.35. The van der Waals surface area contributed by atoms with Crippen molar-refractivity contribution in [3.63, 3.8) is 0 Å². The second kappa shape index (κ2) is 6.01. The molecule has 0 bridgehead atoms. The highest BCUT2D eigenvalue weighted by Gasteiger charge is 2.11. The van der Waals surface area contributed by atoms with Crippen LogP contribution in [0.5, 0.6) is 0 Å². The maximum Gasteiger partial charge on any atom is 0.0948 e. The van der Waals surface area contributed by atoms with E-state index < -0.39 is 0 Å². The molecule has 0 amide bonds. The topological polar surface area (TPSA) is 47.0 Å². The van der Waals surface area contributed by atoms with Crippen molar-refractivity contribution in [2.24, 2.45) is 0 Å². The smallest absolute Gasteiger partial charge is 0.0948 e. The lowest BCUT2D eigenvalue weighted by Gasteiger charge is -2.12. The number of ether oxygens (including phenoxy) is 1. The number of nitrogens with one attached hydrogen (secondary N) is 1. The highest BCUT2D eigenvalue weighted by molar-refractivity contribution is 7.03. The van der Waals surface area contributed by atoms with E-state index in [1.807, 2.05) is 12.4 Å². The van der Waals surface area contributed by atoms with Gasteiger partial charge in [0.25, 0.3) is 0 Å². The van der Waals surface area contributed by atoms with Crippen molar-refractivity contribution in [2.45, 2.75) is 19.4 Å². The summed E-state index contributed by atoms with van der Waals surface area (Å²) in [5.41, 5.74) is 0.962. The summed E-state index contributed by atoms with van der Waals surface area (Å²) < 4.78 is 9.25. The first kappa shape index (κ1) is 10.6. The molecule has 1 N–H and O–H groups in total. The summed E-state index contributed by atoms with van der Waals surface area (Å²) in [5, 5.41) is 9.08. The van der Waals surface area contributed by atoms with Crippen LogP contribution in [0.2, 0.25) is 0 Å². The molecule has 1 rings (SSSR count). The number of aromatic nitrogens is 2. The van der Waals surface area contributed by atoms with Crippen LogP contribution in [0.15, 0.2) is 5.38 Å². The molecule has 0 aliphatic heterocycles. The van der Waals surface area contributed by atoms with Crippen molar-refractivity contribution in [3.05, 3.63) is 11.1 Å². The van der Waals surface area contributed by atoms with Crippen molar-refractivity contribution in [1.29, 1.82) is 0 Å². The van der Waals surface area contributed by atoms with Gasteiger partial charge in [0, 0.05) is 12.0 Å². The molecule has 0 saturated carbocycles. The lowest BCUT2D eigenvalue weighted by Crippen LogP contribution is -2.22. The van der Waals surface area contributed by atoms with E-state index in [2.05, 4.69) is 21.8 Å². The van der Waals surface area contributed by atoms with Gasteiger partial charge in [-0.05, 0) is 25.0 Å². The monoisotopic (exact) mass is 201 g/mol. The Morgan fingerprint density at radius 3 is 3.08 bits per heavy atom. The minimum atomic E-state index is 0.172. The molecule has 5 heteroatoms. The number of hydrogen-bond donors (Lipinski definition) is 1. The zero-order chi connectivity index (χ0) is 9.52. The Morgan fingerprint density at radius 2 is 2.54 bits per heavy atom. The summed E-state index contributed by atoms with van der Waals surface area (Å²) in [5.74, 6) is 0. The van der Waals surface area contributed by atoms with Crippen molar-refractivity contribution >= 4 is 11.5 Å². The first-order chi connectivity index (χ1) is 6.38. The van der Waals surface area contributed by atoms with Gasteiger partial charge < -0.3 is 10.1 Å². The van der Waals surface area contributed by atoms with Crippen LogP contribution in [0.25, 0.3) is 0 Å². The molecule has 0 radical (unpaired) electrons. The lowest BCUT2D eigenvalue weighted by atomic mass is 10.2. The van der Waals surface area contributed by atoms with Gasteiger partial charge in [-0.15, -0.1) is 5.10 Å². The molecule has 1 atom stereocenters. The molecule has 1 unspecified atom stereocenters. The molecule has 0 saturated heterocycles. The summed E-state index contributed by atoms with van der Waals surface area (Å²) in [6.45, 7) is 3.56. The number of hydrogen-bond acceptors (Lipinski definition) is 5. The van der Waals surface area contributed by atoms with Gasteiger partial charge in [-0.3, -0.25) is 0 Å². The Labute approximate surface area is 82.5 Å². The van der Waals surface area contributed by atoms with Crippen LogP contribution in [0.1, 0.15) is 25.1 Å². The SMILES string of the molecule is CCCOCC(NC)c1csnn1. The average molecular weight is 201 g/mol. The van der Waals surface area contributed by atoms with Gasteiger partial charge in [0.15, 0.2) is 0 Å². The molecule has 4 nitrogen and oxygen atoms in total. The van der Waals surface area contributed by atoms with E-state index in [0.29, 0.717) is 6.61 Å². The maximum atomic E-state index is 5.43. The quantitative estimate of drug-likeness (QED) is 0.703. The highest BCUT2D eigenvalue weighted by Crippen LogP contribution is 2.10. The Kier molecular flexibility index (Phi) is 4.88. The van der Waals surface area contributed by atoms with E-state index in [4.69, 9.17) is 4.74 Å². The predicted octanol–water partition coefficient (Wildman–Crippen LogP) is 1.23. The van der Waals surface area contributed by atoms with Crippen LogP contribution >= 0.6 is 11.5 Å². The molecule has 0 aromatic carbocycles. The van der Waals surface area contributed by atoms with Crippen molar-refractivity contribution in [1.82, 2.24) is 14.9 Å². The average Bonchev–Trinajstić information content (AvgIpc) is 2.65. The van der Waals surface area contributed by atoms with Gasteiger partial charge in [0.1, 0.15) is 0 Å². The summed E-state index contributed by atoms with van der Waals surface area (Å²) >= 11 is 1.37. The van der Waals surface area contributed by atoms with Gasteiger partial charge in [-0.1, -0.05) is 11.4 Å². The van der Waals surface area contributed by atoms with Crippen LogP contribution in [0.4, 0.5) is 0 Å². The van der Waals surface area contributed by atoms with Crippen LogP contribution in [0, 0.1) is 0 Å². The zero-order valence-electron chi connectivity index (χ0n) is 7.99. The molecule has 1 aromatic heterocycles. The Morgan fingerprint density at radius 1 is 1.69 bits per heavy atom. The van der Waals surface area contributed by atoms with Crippen molar-refractivity contribution in [2.75, 3.05) is 20.3 Å². The maximum absolute atomic E-state index is 5.43. The molecule has 0 aliphatic carbocycles. The standard InChI is InChI=1S/C8H15N3OS/c1-3-4-12-5-7(9-2)8-6-13-11-10-8/h6-7,9H,3-5H2,1-2H3. The molecule has 13 heavy (non-hydrogen) atoms. The molecule has 0 aliphatic rings. The van der Waals surface area contributed by atoms with Gasteiger partial charge in [0.05, 0.1) is 18.3 Å². The van der Waals surface area contributed by atoms with E-state index >= 15 is 0 Å². The fraction of sp³-hybridized carbons (Fsp3) is 0.750. The van der Waals surface area contributed by atoms with Gasteiger partial charge in [-0.2, -0.15) is 0 Å². The van der Waals surface area contributed by atoms with E-state index in [-0.39, 0.29) is 6.04 Å². The molecule has 0 fully saturated rings. The van der Waals surface area contributed by atoms with E-state index in [1.165, 1.54) is 11.5 Å². The predicted molar refractivity (Wildman–Crippen MR) is 52.8 cm³/mol. The third kappa shape index (κ3) is 3.38. The minimum absolute atomic E-state index is 0.172. The van der Waals surface area contributed by atoms with E-state index in [0.717, 1.165) is 18.7 Å². The summed E-state index contributed by atoms with van der Waals surface area (Å²) in [7, 11) is 1.90. The minimum Gasteiger partial charge on any atom is -0.379 e. The summed E-state index contributed by atoms with van der Waals surface area (Å²) in [6.07, 6.45) is 1.05. The molecular weight excluding hydrogens is 186 g/mol. The van der Waals surface area contributed by atoms with Crippen LogP contribution in [0.3, 0.4) is 0 Å². The second-order valence-corrected chi connectivity index (χ2v) is 3.36. The van der Waals surface area contributed by atoms with Crippen molar-refractivity contribution < 1.29 is 4.74 Å². The van der Waals surface area contributed by atoms with Crippen LogP contribution in [-0.4, -0.2) is 29.8 Å². The first-order valence-corrected chi connectivity index (χ1v) is 5.24. The third-order valence-electron chi connectivity index (χ3n) is 1.72. The van der Waals surface area contributed by atoms with Gasteiger partial charge >= 0.3 is 0 Å². The number of nitrogens with zero attached hydrogens (tertiary/aromatic N) is 2. The molecule has 0 spiro atoms. The van der Waals surface area contributed by atoms with Gasteiger partial charge in [-0.25, -0.2) is 0 Å². The first-order valence-electron chi connectivity index (χ1n) is 4.40. The van der Waals surface area contributed by atoms with Crippen LogP contribution < -0.4 is 5.32 Å². The number of likely N-dealkylation sites (N-methyl/N-ethyl adjacent to an activating group) is 1. The molecular formula is C8H15N3OS. The molecule has 1 aromatic rings. The van der Waals surface area contributed by atoms with Gasteiger partial charge in [0.2, 0.25) is 0 Å². The lowest BCUT2D eigenvalue weighted by molar-refractivity contribution is 0.113. The van der Waals surface area contributed by atoms with E-state index in [1.54, 1.807) is 0 Å². The second-order valence-electron chi connectivity index (χ2n) is 2.75. The summed E-state index contributed by atoms with van der Waals surface area (Å²) in [4.78, 5) is 0. The largest absolute Gasteiger partial charge is 0.379 e. The Bertz CT molecular complexity index is 215. The highest BCUT2D eigenvalue weighted by atomic mass is 32.1. The Hall–Kier alpha value is -0.520. The normalized spacial score (nSPS) is 13.1. The zero-order valence-corrected chi connectivity index (χ0v) is 8.80.